The number of ether oxygens (including phenoxy) is 1. The van der Waals surface area contributed by atoms with Crippen molar-refractivity contribution in [2.45, 2.75) is 12.8 Å². The van der Waals surface area contributed by atoms with Crippen molar-refractivity contribution in [3.8, 4) is 0 Å². The zero-order valence-corrected chi connectivity index (χ0v) is 7.12. The van der Waals surface area contributed by atoms with Crippen LogP contribution in [0.3, 0.4) is 0 Å². The summed E-state index contributed by atoms with van der Waals surface area (Å²) < 4.78 is 5.00. The van der Waals surface area contributed by atoms with Gasteiger partial charge in [-0.1, -0.05) is 0 Å². The number of nitrogens with two attached hydrogens (primary N) is 1. The van der Waals surface area contributed by atoms with Gasteiger partial charge in [0.25, 0.3) is 0 Å². The predicted molar refractivity (Wildman–Crippen MR) is 46.0 cm³/mol. The quantitative estimate of drug-likeness (QED) is 0.667. The van der Waals surface area contributed by atoms with Crippen molar-refractivity contribution >= 4 is 11.8 Å². The smallest absolute Gasteiger partial charge is 0.356 e. The van der Waals surface area contributed by atoms with E-state index in [0.717, 1.165) is 0 Å². The molecule has 0 unspecified atom stereocenters. The summed E-state index contributed by atoms with van der Waals surface area (Å²) in [6.07, 6.45) is 2.33. The maximum Gasteiger partial charge on any atom is 0.356 e. The molecule has 0 bridgehead atoms. The van der Waals surface area contributed by atoms with Crippen LogP contribution in [0.2, 0.25) is 0 Å². The number of carbonyl (C=O) groups excluding carboxylic acids is 1. The maximum atomic E-state index is 11.2. The van der Waals surface area contributed by atoms with E-state index in [1.165, 1.54) is 18.9 Å². The number of esters is 1. The van der Waals surface area contributed by atoms with Crippen molar-refractivity contribution in [1.82, 2.24) is 10.2 Å². The molecule has 70 valence electrons. The third kappa shape index (κ3) is 1.99. The predicted octanol–water partition coefficient (Wildman–Crippen LogP) is 0.559. The summed E-state index contributed by atoms with van der Waals surface area (Å²) in [5.74, 6) is 0.499. The van der Waals surface area contributed by atoms with E-state index in [9.17, 15) is 4.79 Å². The van der Waals surface area contributed by atoms with Crippen LogP contribution in [0.25, 0.3) is 0 Å². The van der Waals surface area contributed by atoms with Crippen molar-refractivity contribution in [2.75, 3.05) is 12.3 Å². The Labute approximate surface area is 75.3 Å². The Morgan fingerprint density at radius 2 is 2.54 bits per heavy atom. The fourth-order valence-corrected chi connectivity index (χ4v) is 0.998. The highest BCUT2D eigenvalue weighted by molar-refractivity contribution is 5.87. The minimum Gasteiger partial charge on any atom is -0.461 e. The van der Waals surface area contributed by atoms with Crippen LogP contribution in [0.5, 0.6) is 0 Å². The van der Waals surface area contributed by atoms with Gasteiger partial charge in [-0.2, -0.15) is 5.10 Å². The van der Waals surface area contributed by atoms with Crippen LogP contribution in [-0.2, 0) is 4.74 Å². The summed E-state index contributed by atoms with van der Waals surface area (Å²) in [5.41, 5.74) is 5.65. The molecular weight excluding hydrogens is 170 g/mol. The van der Waals surface area contributed by atoms with E-state index in [1.807, 2.05) is 0 Å². The van der Waals surface area contributed by atoms with Crippen LogP contribution < -0.4 is 5.73 Å². The van der Waals surface area contributed by atoms with E-state index in [4.69, 9.17) is 10.5 Å². The number of nitrogens with one attached hydrogen (secondary N) is 1. The SMILES string of the molecule is Nc1cc(C(=O)OCC2CC2)[nH]n1. The Morgan fingerprint density at radius 1 is 1.77 bits per heavy atom. The summed E-state index contributed by atoms with van der Waals surface area (Å²) in [7, 11) is 0. The van der Waals surface area contributed by atoms with Gasteiger partial charge in [-0.25, -0.2) is 4.79 Å². The van der Waals surface area contributed by atoms with Gasteiger partial charge in [-0.15, -0.1) is 0 Å². The van der Waals surface area contributed by atoms with E-state index in [2.05, 4.69) is 10.2 Å². The fraction of sp³-hybridized carbons (Fsp3) is 0.500. The van der Waals surface area contributed by atoms with Crippen LogP contribution in [-0.4, -0.2) is 22.8 Å². The first-order valence-corrected chi connectivity index (χ1v) is 4.23. The van der Waals surface area contributed by atoms with Crippen LogP contribution in [0.15, 0.2) is 6.07 Å². The molecule has 0 atom stereocenters. The summed E-state index contributed by atoms with van der Waals surface area (Å²) in [5, 5.41) is 6.13. The zero-order chi connectivity index (χ0) is 9.26. The second kappa shape index (κ2) is 3.08. The summed E-state index contributed by atoms with van der Waals surface area (Å²) in [6.45, 7) is 0.512. The van der Waals surface area contributed by atoms with Gasteiger partial charge in [0.1, 0.15) is 11.5 Å². The Hall–Kier alpha value is -1.52. The molecule has 5 nitrogen and oxygen atoms in total. The zero-order valence-electron chi connectivity index (χ0n) is 7.12. The Bertz CT molecular complexity index is 317. The van der Waals surface area contributed by atoms with E-state index >= 15 is 0 Å². The average Bonchev–Trinajstić information content (AvgIpc) is 2.84. The van der Waals surface area contributed by atoms with Crippen LogP contribution >= 0.6 is 0 Å². The minimum atomic E-state index is -0.379. The molecule has 13 heavy (non-hydrogen) atoms. The van der Waals surface area contributed by atoms with Gasteiger partial charge in [0.2, 0.25) is 0 Å². The number of nitrogens with zero attached hydrogens (tertiary/aromatic N) is 1. The van der Waals surface area contributed by atoms with Crippen molar-refractivity contribution in [2.24, 2.45) is 5.92 Å². The lowest BCUT2D eigenvalue weighted by Crippen LogP contribution is -2.07. The van der Waals surface area contributed by atoms with Gasteiger partial charge in [0.15, 0.2) is 0 Å². The molecule has 1 aromatic rings. The first-order chi connectivity index (χ1) is 6.25. The van der Waals surface area contributed by atoms with E-state index in [-0.39, 0.29) is 5.97 Å². The first kappa shape index (κ1) is 8.10. The molecule has 0 aromatic carbocycles. The van der Waals surface area contributed by atoms with Crippen LogP contribution in [0.4, 0.5) is 5.82 Å². The van der Waals surface area contributed by atoms with Gasteiger partial charge in [0.05, 0.1) is 6.61 Å². The van der Waals surface area contributed by atoms with Crippen molar-refractivity contribution in [1.29, 1.82) is 0 Å². The highest BCUT2D eigenvalue weighted by atomic mass is 16.5. The second-order valence-electron chi connectivity index (χ2n) is 3.25. The molecule has 1 fully saturated rings. The fourth-order valence-electron chi connectivity index (χ4n) is 0.998. The molecule has 1 saturated carbocycles. The first-order valence-electron chi connectivity index (χ1n) is 4.23. The summed E-state index contributed by atoms with van der Waals surface area (Å²) in [4.78, 5) is 11.2. The Morgan fingerprint density at radius 3 is 3.08 bits per heavy atom. The molecule has 0 spiro atoms. The summed E-state index contributed by atoms with van der Waals surface area (Å²) in [6, 6.07) is 1.47. The molecular formula is C8H11N3O2. The molecule has 1 aliphatic carbocycles. The van der Waals surface area contributed by atoms with Gasteiger partial charge in [-0.05, 0) is 18.8 Å². The lowest BCUT2D eigenvalue weighted by Gasteiger charge is -1.99. The van der Waals surface area contributed by atoms with Crippen LogP contribution in [0, 0.1) is 5.92 Å². The Balaban J connectivity index is 1.88. The summed E-state index contributed by atoms with van der Waals surface area (Å²) >= 11 is 0. The molecule has 0 radical (unpaired) electrons. The average molecular weight is 181 g/mol. The van der Waals surface area contributed by atoms with E-state index in [1.54, 1.807) is 0 Å². The number of aromatic amines is 1. The van der Waals surface area contributed by atoms with Crippen LogP contribution in [0.1, 0.15) is 23.3 Å². The number of aromatic nitrogens is 2. The van der Waals surface area contributed by atoms with Crippen molar-refractivity contribution in [3.63, 3.8) is 0 Å². The highest BCUT2D eigenvalue weighted by Crippen LogP contribution is 2.28. The molecule has 1 aliphatic rings. The number of carbonyl (C=O) groups is 1. The molecule has 0 amide bonds. The number of nitrogen functional groups attached to an aromatic ring is 1. The number of anilines is 1. The van der Waals surface area contributed by atoms with Crippen molar-refractivity contribution < 1.29 is 9.53 Å². The molecule has 1 heterocycles. The highest BCUT2D eigenvalue weighted by Gasteiger charge is 2.23. The van der Waals surface area contributed by atoms with E-state index < -0.39 is 0 Å². The number of hydrogen-bond donors (Lipinski definition) is 2. The number of rotatable bonds is 3. The Kier molecular flexibility index (Phi) is 1.92. The lowest BCUT2D eigenvalue weighted by molar-refractivity contribution is 0.0479. The molecule has 0 saturated heterocycles. The monoisotopic (exact) mass is 181 g/mol. The minimum absolute atomic E-state index is 0.304. The number of hydrogen-bond acceptors (Lipinski definition) is 4. The van der Waals surface area contributed by atoms with E-state index in [0.29, 0.717) is 24.0 Å². The molecule has 2 rings (SSSR count). The molecule has 3 N–H and O–H groups in total. The van der Waals surface area contributed by atoms with Gasteiger partial charge < -0.3 is 10.5 Å². The number of H-pyrrole nitrogens is 1. The van der Waals surface area contributed by atoms with Gasteiger partial charge >= 0.3 is 5.97 Å². The van der Waals surface area contributed by atoms with Gasteiger partial charge in [0, 0.05) is 6.07 Å². The largest absolute Gasteiger partial charge is 0.461 e. The molecule has 1 aromatic heterocycles. The molecule has 0 aliphatic heterocycles. The lowest BCUT2D eigenvalue weighted by atomic mass is 10.4. The third-order valence-electron chi connectivity index (χ3n) is 1.96. The second-order valence-corrected chi connectivity index (χ2v) is 3.25. The third-order valence-corrected chi connectivity index (χ3v) is 1.96. The molecule has 5 heteroatoms. The van der Waals surface area contributed by atoms with Crippen molar-refractivity contribution in [3.05, 3.63) is 11.8 Å². The standard InChI is InChI=1S/C8H11N3O2/c9-7-3-6(10-11-7)8(12)13-4-5-1-2-5/h3,5H,1-2,4H2,(H3,9,10,11). The van der Waals surface area contributed by atoms with Gasteiger partial charge in [-0.3, -0.25) is 5.10 Å². The normalized spacial score (nSPS) is 15.7. The topological polar surface area (TPSA) is 81.0 Å². The maximum absolute atomic E-state index is 11.2.